The van der Waals surface area contributed by atoms with Gasteiger partial charge in [0.1, 0.15) is 0 Å². The van der Waals surface area contributed by atoms with Gasteiger partial charge >= 0.3 is 0 Å². The Morgan fingerprint density at radius 3 is 2.55 bits per heavy atom. The molecule has 1 amide bonds. The average Bonchev–Trinajstić information content (AvgIpc) is 3.26. The van der Waals surface area contributed by atoms with Crippen LogP contribution in [0.25, 0.3) is 0 Å². The predicted molar refractivity (Wildman–Crippen MR) is 127 cm³/mol. The van der Waals surface area contributed by atoms with E-state index >= 15 is 0 Å². The second-order valence-electron chi connectivity index (χ2n) is 8.60. The van der Waals surface area contributed by atoms with Crippen LogP contribution in [0.1, 0.15) is 49.9 Å². The lowest BCUT2D eigenvalue weighted by molar-refractivity contribution is -0.113. The lowest BCUT2D eigenvalue weighted by Crippen LogP contribution is -2.23. The molecule has 168 valence electrons. The highest BCUT2D eigenvalue weighted by Gasteiger charge is 2.21. The van der Waals surface area contributed by atoms with Crippen LogP contribution in [0.15, 0.2) is 29.4 Å². The number of ether oxygens (including phenoxy) is 1. The van der Waals surface area contributed by atoms with Gasteiger partial charge in [-0.25, -0.2) is 4.98 Å². The number of hydrogen-bond acceptors (Lipinski definition) is 5. The number of carbonyl (C=O) groups is 1. The van der Waals surface area contributed by atoms with Crippen molar-refractivity contribution in [3.8, 4) is 0 Å². The lowest BCUT2D eigenvalue weighted by Gasteiger charge is -2.22. The van der Waals surface area contributed by atoms with Crippen molar-refractivity contribution in [1.29, 1.82) is 0 Å². The van der Waals surface area contributed by atoms with Crippen LogP contribution in [0.5, 0.6) is 0 Å². The minimum Gasteiger partial charge on any atom is -0.376 e. The molecular formula is C24H34N4O2S. The molecule has 0 saturated carbocycles. The molecule has 1 N–H and O–H groups in total. The van der Waals surface area contributed by atoms with E-state index in [9.17, 15) is 4.79 Å². The summed E-state index contributed by atoms with van der Waals surface area (Å²) in [6, 6.07) is 8.26. The molecule has 2 aliphatic heterocycles. The second-order valence-corrected chi connectivity index (χ2v) is 9.54. The summed E-state index contributed by atoms with van der Waals surface area (Å²) >= 11 is 1.50. The highest BCUT2D eigenvalue weighted by atomic mass is 32.2. The molecule has 0 radical (unpaired) electrons. The van der Waals surface area contributed by atoms with Gasteiger partial charge < -0.3 is 19.5 Å². The molecule has 1 unspecified atom stereocenters. The third kappa shape index (κ3) is 5.83. The van der Waals surface area contributed by atoms with E-state index in [1.54, 1.807) is 0 Å². The molecule has 2 aromatic rings. The summed E-state index contributed by atoms with van der Waals surface area (Å²) in [6.07, 6.45) is 7.64. The summed E-state index contributed by atoms with van der Waals surface area (Å²) in [4.78, 5) is 19.7. The molecule has 3 heterocycles. The first-order valence-corrected chi connectivity index (χ1v) is 12.5. The number of benzene rings is 1. The lowest BCUT2D eigenvalue weighted by atomic mass is 10.2. The number of nitrogens with zero attached hydrogens (tertiary/aromatic N) is 3. The number of aromatic nitrogens is 2. The largest absolute Gasteiger partial charge is 0.376 e. The van der Waals surface area contributed by atoms with Crippen LogP contribution in [-0.2, 0) is 16.1 Å². The number of anilines is 2. The van der Waals surface area contributed by atoms with Crippen molar-refractivity contribution in [2.24, 2.45) is 0 Å². The maximum Gasteiger partial charge on any atom is 0.234 e. The summed E-state index contributed by atoms with van der Waals surface area (Å²) in [5.41, 5.74) is 4.27. The van der Waals surface area contributed by atoms with E-state index in [0.29, 0.717) is 5.75 Å². The van der Waals surface area contributed by atoms with Crippen molar-refractivity contribution in [1.82, 2.24) is 9.55 Å². The molecule has 31 heavy (non-hydrogen) atoms. The molecule has 7 heteroatoms. The van der Waals surface area contributed by atoms with Crippen molar-refractivity contribution in [2.75, 3.05) is 35.7 Å². The van der Waals surface area contributed by atoms with Gasteiger partial charge in [0, 0.05) is 36.8 Å². The molecule has 1 aromatic carbocycles. The van der Waals surface area contributed by atoms with Crippen LogP contribution in [-0.4, -0.2) is 47.0 Å². The Labute approximate surface area is 189 Å². The first-order valence-electron chi connectivity index (χ1n) is 11.5. The maximum atomic E-state index is 12.6. The summed E-state index contributed by atoms with van der Waals surface area (Å²) < 4.78 is 8.01. The highest BCUT2D eigenvalue weighted by molar-refractivity contribution is 7.99. The molecule has 1 atom stereocenters. The molecule has 2 saturated heterocycles. The normalized spacial score (nSPS) is 19.4. The van der Waals surface area contributed by atoms with E-state index in [1.807, 2.05) is 19.1 Å². The predicted octanol–water partition coefficient (Wildman–Crippen LogP) is 4.79. The highest BCUT2D eigenvalue weighted by Crippen LogP contribution is 2.25. The molecule has 0 bridgehead atoms. The van der Waals surface area contributed by atoms with Crippen LogP contribution in [0.2, 0.25) is 0 Å². The smallest absolute Gasteiger partial charge is 0.234 e. The Balaban J connectivity index is 1.31. The first-order chi connectivity index (χ1) is 15.1. The Morgan fingerprint density at radius 1 is 1.13 bits per heavy atom. The number of aryl methyl sites for hydroxylation is 1. The summed E-state index contributed by atoms with van der Waals surface area (Å²) in [5.74, 6) is 0.337. The molecular weight excluding hydrogens is 408 g/mol. The summed E-state index contributed by atoms with van der Waals surface area (Å²) in [7, 11) is 0. The second kappa shape index (κ2) is 10.6. The van der Waals surface area contributed by atoms with Gasteiger partial charge in [-0.3, -0.25) is 4.79 Å². The number of carbonyl (C=O) groups excluding carboxylic acids is 1. The van der Waals surface area contributed by atoms with E-state index in [-0.39, 0.29) is 12.0 Å². The van der Waals surface area contributed by atoms with E-state index in [1.165, 1.54) is 43.1 Å². The van der Waals surface area contributed by atoms with Crippen LogP contribution in [0, 0.1) is 13.8 Å². The molecule has 0 aliphatic carbocycles. The van der Waals surface area contributed by atoms with E-state index in [0.717, 1.165) is 61.3 Å². The standard InChI is InChI=1S/C24H34N4O2S/c1-18-19(2)28(16-22-8-7-15-30-22)24(25-18)31-17-23(29)26-20-9-11-21(12-10-20)27-13-5-3-4-6-14-27/h9-12,22H,3-8,13-17H2,1-2H3,(H,26,29). The Hall–Kier alpha value is -1.99. The van der Waals surface area contributed by atoms with E-state index in [4.69, 9.17) is 4.74 Å². The van der Waals surface area contributed by atoms with Crippen molar-refractivity contribution in [3.63, 3.8) is 0 Å². The Bertz CT molecular complexity index is 866. The number of imidazole rings is 1. The van der Waals surface area contributed by atoms with Crippen LogP contribution in [0.4, 0.5) is 11.4 Å². The van der Waals surface area contributed by atoms with Gasteiger partial charge in [0.15, 0.2) is 5.16 Å². The van der Waals surface area contributed by atoms with Gasteiger partial charge in [-0.05, 0) is 63.8 Å². The van der Waals surface area contributed by atoms with Crippen molar-refractivity contribution in [2.45, 2.75) is 70.2 Å². The number of rotatable bonds is 7. The van der Waals surface area contributed by atoms with Crippen molar-refractivity contribution >= 4 is 29.0 Å². The number of hydrogen-bond donors (Lipinski definition) is 1. The molecule has 2 fully saturated rings. The number of amides is 1. The fourth-order valence-corrected chi connectivity index (χ4v) is 5.25. The van der Waals surface area contributed by atoms with Gasteiger partial charge in [-0.2, -0.15) is 0 Å². The van der Waals surface area contributed by atoms with Crippen molar-refractivity contribution < 1.29 is 9.53 Å². The van der Waals surface area contributed by atoms with E-state index in [2.05, 4.69) is 38.8 Å². The van der Waals surface area contributed by atoms with Gasteiger partial charge in [0.2, 0.25) is 5.91 Å². The SMILES string of the molecule is Cc1nc(SCC(=O)Nc2ccc(N3CCCCCC3)cc2)n(CC2CCCO2)c1C. The molecule has 0 spiro atoms. The average molecular weight is 443 g/mol. The fourth-order valence-electron chi connectivity index (χ4n) is 4.35. The van der Waals surface area contributed by atoms with Gasteiger partial charge in [0.25, 0.3) is 0 Å². The minimum absolute atomic E-state index is 0.00510. The molecule has 2 aliphatic rings. The topological polar surface area (TPSA) is 59.4 Å². The third-order valence-electron chi connectivity index (χ3n) is 6.29. The monoisotopic (exact) mass is 442 g/mol. The minimum atomic E-state index is -0.00510. The summed E-state index contributed by atoms with van der Waals surface area (Å²) in [6.45, 7) is 8.03. The van der Waals surface area contributed by atoms with Crippen LogP contribution < -0.4 is 10.2 Å². The number of thioether (sulfide) groups is 1. The molecule has 4 rings (SSSR count). The van der Waals surface area contributed by atoms with Crippen LogP contribution in [0.3, 0.4) is 0 Å². The first kappa shape index (κ1) is 22.2. The van der Waals surface area contributed by atoms with Gasteiger partial charge in [0.05, 0.1) is 24.1 Å². The summed E-state index contributed by atoms with van der Waals surface area (Å²) in [5, 5.41) is 3.93. The number of nitrogens with one attached hydrogen (secondary N) is 1. The van der Waals surface area contributed by atoms with Gasteiger partial charge in [-0.1, -0.05) is 24.6 Å². The van der Waals surface area contributed by atoms with E-state index < -0.39 is 0 Å². The zero-order valence-electron chi connectivity index (χ0n) is 18.7. The zero-order chi connectivity index (χ0) is 21.6. The third-order valence-corrected chi connectivity index (χ3v) is 7.26. The van der Waals surface area contributed by atoms with Crippen molar-refractivity contribution in [3.05, 3.63) is 35.7 Å². The Morgan fingerprint density at radius 2 is 1.87 bits per heavy atom. The van der Waals surface area contributed by atoms with Gasteiger partial charge in [-0.15, -0.1) is 0 Å². The molecule has 6 nitrogen and oxygen atoms in total. The zero-order valence-corrected chi connectivity index (χ0v) is 19.5. The molecule has 1 aromatic heterocycles. The quantitative estimate of drug-likeness (QED) is 0.625. The Kier molecular flexibility index (Phi) is 7.56. The van der Waals surface area contributed by atoms with Crippen LogP contribution >= 0.6 is 11.8 Å². The fraction of sp³-hybridized carbons (Fsp3) is 0.583. The maximum absolute atomic E-state index is 12.6.